The maximum Gasteiger partial charge on any atom is 0.0393 e. The van der Waals surface area contributed by atoms with Crippen molar-refractivity contribution in [2.45, 2.75) is 6.42 Å². The Labute approximate surface area is 85.9 Å². The second-order valence-electron chi connectivity index (χ2n) is 4.25. The van der Waals surface area contributed by atoms with Crippen LogP contribution in [0.15, 0.2) is 24.3 Å². The predicted octanol–water partition coefficient (Wildman–Crippen LogP) is 1.51. The molecule has 1 aromatic carbocycles. The zero-order chi connectivity index (χ0) is 9.97. The molecule has 14 heavy (non-hydrogen) atoms. The second kappa shape index (κ2) is 4.01. The fourth-order valence-corrected chi connectivity index (χ4v) is 1.92. The minimum atomic E-state index is 0.844. The lowest BCUT2D eigenvalue weighted by Crippen LogP contribution is -2.43. The second-order valence-corrected chi connectivity index (χ2v) is 4.25. The van der Waals surface area contributed by atoms with E-state index in [2.05, 4.69) is 48.6 Å². The summed E-state index contributed by atoms with van der Waals surface area (Å²) in [4.78, 5) is 2.20. The van der Waals surface area contributed by atoms with Gasteiger partial charge < -0.3 is 10.2 Å². The van der Waals surface area contributed by atoms with E-state index >= 15 is 0 Å². The largest absolute Gasteiger partial charge is 0.377 e. The van der Waals surface area contributed by atoms with Crippen LogP contribution in [0.3, 0.4) is 0 Å². The van der Waals surface area contributed by atoms with Gasteiger partial charge in [0.1, 0.15) is 0 Å². The Balaban J connectivity index is 2.13. The van der Waals surface area contributed by atoms with Gasteiger partial charge in [-0.25, -0.2) is 0 Å². The van der Waals surface area contributed by atoms with E-state index in [1.54, 1.807) is 0 Å². The zero-order valence-electron chi connectivity index (χ0n) is 8.96. The number of nitrogens with zero attached hydrogens (tertiary/aromatic N) is 1. The Bertz CT molecular complexity index is 303. The van der Waals surface area contributed by atoms with Gasteiger partial charge in [0.25, 0.3) is 0 Å². The lowest BCUT2D eigenvalue weighted by atomic mass is 9.93. The Morgan fingerprint density at radius 3 is 2.57 bits per heavy atom. The van der Waals surface area contributed by atoms with Crippen molar-refractivity contribution in [2.75, 3.05) is 32.1 Å². The minimum absolute atomic E-state index is 0.844. The van der Waals surface area contributed by atoms with Crippen molar-refractivity contribution in [2.24, 2.45) is 5.92 Å². The number of benzene rings is 1. The molecule has 2 heteroatoms. The van der Waals surface area contributed by atoms with Gasteiger partial charge in [-0.05, 0) is 37.1 Å². The normalized spacial score (nSPS) is 16.4. The fraction of sp³-hybridized carbons (Fsp3) is 0.500. The van der Waals surface area contributed by atoms with Gasteiger partial charge in [-0.1, -0.05) is 18.2 Å². The molecule has 1 aliphatic heterocycles. The van der Waals surface area contributed by atoms with E-state index in [9.17, 15) is 0 Å². The number of anilines is 1. The van der Waals surface area contributed by atoms with E-state index in [0.717, 1.165) is 5.92 Å². The highest BCUT2D eigenvalue weighted by Crippen LogP contribution is 2.22. The summed E-state index contributed by atoms with van der Waals surface area (Å²) in [6.07, 6.45) is 1.21. The van der Waals surface area contributed by atoms with Crippen molar-refractivity contribution in [3.8, 4) is 0 Å². The molecule has 0 aromatic heterocycles. The van der Waals surface area contributed by atoms with Gasteiger partial charge in [-0.15, -0.1) is 0 Å². The van der Waals surface area contributed by atoms with Gasteiger partial charge in [0.2, 0.25) is 0 Å². The van der Waals surface area contributed by atoms with Gasteiger partial charge in [0.05, 0.1) is 0 Å². The summed E-state index contributed by atoms with van der Waals surface area (Å²) in [5.74, 6) is 0.844. The molecule has 0 amide bonds. The summed E-state index contributed by atoms with van der Waals surface area (Å²) in [7, 11) is 4.22. The van der Waals surface area contributed by atoms with E-state index < -0.39 is 0 Å². The molecule has 0 atom stereocenters. The molecule has 1 heterocycles. The van der Waals surface area contributed by atoms with Crippen molar-refractivity contribution in [3.63, 3.8) is 0 Å². The quantitative estimate of drug-likeness (QED) is 0.777. The molecule has 0 radical (unpaired) electrons. The van der Waals surface area contributed by atoms with E-state index in [-0.39, 0.29) is 0 Å². The molecule has 1 N–H and O–H groups in total. The van der Waals surface area contributed by atoms with Crippen LogP contribution >= 0.6 is 0 Å². The average Bonchev–Trinajstić information content (AvgIpc) is 2.12. The zero-order valence-corrected chi connectivity index (χ0v) is 8.96. The first-order valence-electron chi connectivity index (χ1n) is 5.23. The van der Waals surface area contributed by atoms with Crippen molar-refractivity contribution in [3.05, 3.63) is 29.8 Å². The Morgan fingerprint density at radius 2 is 2.00 bits per heavy atom. The summed E-state index contributed by atoms with van der Waals surface area (Å²) >= 11 is 0. The van der Waals surface area contributed by atoms with Gasteiger partial charge in [0, 0.05) is 19.8 Å². The lowest BCUT2D eigenvalue weighted by Gasteiger charge is -2.28. The summed E-state index contributed by atoms with van der Waals surface area (Å²) < 4.78 is 0. The average molecular weight is 190 g/mol. The smallest absolute Gasteiger partial charge is 0.0393 e. The van der Waals surface area contributed by atoms with Crippen LogP contribution in [0.4, 0.5) is 5.69 Å². The molecule has 2 rings (SSSR count). The van der Waals surface area contributed by atoms with E-state index in [4.69, 9.17) is 0 Å². The first kappa shape index (κ1) is 9.53. The monoisotopic (exact) mass is 190 g/mol. The van der Waals surface area contributed by atoms with Gasteiger partial charge in [0.15, 0.2) is 0 Å². The minimum Gasteiger partial charge on any atom is -0.377 e. The summed E-state index contributed by atoms with van der Waals surface area (Å²) in [6.45, 7) is 2.36. The first-order chi connectivity index (χ1) is 6.77. The van der Waals surface area contributed by atoms with Crippen LogP contribution in [0.25, 0.3) is 0 Å². The van der Waals surface area contributed by atoms with Crippen LogP contribution in [-0.2, 0) is 6.42 Å². The van der Waals surface area contributed by atoms with Gasteiger partial charge in [-0.2, -0.15) is 0 Å². The van der Waals surface area contributed by atoms with Crippen LogP contribution in [0.1, 0.15) is 5.56 Å². The topological polar surface area (TPSA) is 15.3 Å². The number of hydrogen-bond acceptors (Lipinski definition) is 2. The molecule has 1 saturated heterocycles. The highest BCUT2D eigenvalue weighted by molar-refractivity contribution is 5.52. The SMILES string of the molecule is CN(C)c1ccccc1CC1CNC1. The number of rotatable bonds is 3. The van der Waals surface area contributed by atoms with E-state index in [1.807, 2.05) is 0 Å². The van der Waals surface area contributed by atoms with Gasteiger partial charge in [-0.3, -0.25) is 0 Å². The molecule has 1 fully saturated rings. The number of para-hydroxylation sites is 1. The molecule has 76 valence electrons. The standard InChI is InChI=1S/C12H18N2/c1-14(2)12-6-4-3-5-11(12)7-10-8-13-9-10/h3-6,10,13H,7-9H2,1-2H3. The molecule has 0 aliphatic carbocycles. The third-order valence-electron chi connectivity index (χ3n) is 2.85. The third-order valence-corrected chi connectivity index (χ3v) is 2.85. The highest BCUT2D eigenvalue weighted by atomic mass is 15.1. The van der Waals surface area contributed by atoms with Crippen LogP contribution in [0.5, 0.6) is 0 Å². The van der Waals surface area contributed by atoms with Crippen LogP contribution in [0, 0.1) is 5.92 Å². The Kier molecular flexibility index (Phi) is 2.73. The molecular weight excluding hydrogens is 172 g/mol. The van der Waals surface area contributed by atoms with Crippen LogP contribution < -0.4 is 10.2 Å². The molecule has 0 saturated carbocycles. The molecular formula is C12H18N2. The van der Waals surface area contributed by atoms with Crippen molar-refractivity contribution >= 4 is 5.69 Å². The van der Waals surface area contributed by atoms with E-state index in [1.165, 1.54) is 30.8 Å². The molecule has 0 bridgehead atoms. The van der Waals surface area contributed by atoms with Gasteiger partial charge >= 0.3 is 0 Å². The van der Waals surface area contributed by atoms with Crippen molar-refractivity contribution < 1.29 is 0 Å². The molecule has 0 unspecified atom stereocenters. The third kappa shape index (κ3) is 1.90. The predicted molar refractivity (Wildman–Crippen MR) is 60.8 cm³/mol. The fourth-order valence-electron chi connectivity index (χ4n) is 1.92. The summed E-state index contributed by atoms with van der Waals surface area (Å²) in [5.41, 5.74) is 2.84. The summed E-state index contributed by atoms with van der Waals surface area (Å²) in [6, 6.07) is 8.68. The van der Waals surface area contributed by atoms with Crippen LogP contribution in [-0.4, -0.2) is 27.2 Å². The first-order valence-corrected chi connectivity index (χ1v) is 5.23. The lowest BCUT2D eigenvalue weighted by molar-refractivity contribution is 0.347. The molecule has 1 aromatic rings. The van der Waals surface area contributed by atoms with Crippen molar-refractivity contribution in [1.29, 1.82) is 0 Å². The number of hydrogen-bond donors (Lipinski definition) is 1. The molecule has 1 aliphatic rings. The summed E-state index contributed by atoms with van der Waals surface area (Å²) in [5, 5.41) is 3.32. The Hall–Kier alpha value is -1.02. The van der Waals surface area contributed by atoms with Crippen molar-refractivity contribution in [1.82, 2.24) is 5.32 Å². The van der Waals surface area contributed by atoms with E-state index in [0.29, 0.717) is 0 Å². The highest BCUT2D eigenvalue weighted by Gasteiger charge is 2.18. The number of nitrogens with one attached hydrogen (secondary N) is 1. The maximum atomic E-state index is 3.32. The molecule has 0 spiro atoms. The molecule has 2 nitrogen and oxygen atoms in total. The van der Waals surface area contributed by atoms with Crippen LogP contribution in [0.2, 0.25) is 0 Å². The maximum absolute atomic E-state index is 3.32. The Morgan fingerprint density at radius 1 is 1.29 bits per heavy atom.